The molecule has 24 heavy (non-hydrogen) atoms. The van der Waals surface area contributed by atoms with Gasteiger partial charge in [-0.05, 0) is 25.1 Å². The Hall–Kier alpha value is -2.20. The number of ether oxygens (including phenoxy) is 1. The van der Waals surface area contributed by atoms with Crippen LogP contribution in [0.1, 0.15) is 18.1 Å². The van der Waals surface area contributed by atoms with E-state index in [4.69, 9.17) is 4.74 Å². The maximum Gasteiger partial charge on any atom is 0.417 e. The second-order valence-corrected chi connectivity index (χ2v) is 6.32. The van der Waals surface area contributed by atoms with E-state index >= 15 is 0 Å². The van der Waals surface area contributed by atoms with Crippen LogP contribution in [0.15, 0.2) is 41.7 Å². The summed E-state index contributed by atoms with van der Waals surface area (Å²) in [4.78, 5) is 7.35. The first-order chi connectivity index (χ1) is 11.2. The number of pyridine rings is 2. The Bertz CT molecular complexity index is 793. The Labute approximate surface area is 136 Å². The average molecular weight is 361 g/mol. The molecule has 0 atom stereocenters. The van der Waals surface area contributed by atoms with E-state index in [1.165, 1.54) is 6.20 Å². The van der Waals surface area contributed by atoms with Crippen LogP contribution < -0.4 is 9.46 Å². The van der Waals surface area contributed by atoms with Gasteiger partial charge >= 0.3 is 6.18 Å². The van der Waals surface area contributed by atoms with Gasteiger partial charge in [0.1, 0.15) is 0 Å². The highest BCUT2D eigenvalue weighted by Crippen LogP contribution is 2.28. The van der Waals surface area contributed by atoms with Crippen LogP contribution in [0, 0.1) is 0 Å². The molecule has 1 N–H and O–H groups in total. The number of hydrogen-bond donors (Lipinski definition) is 1. The molecule has 2 aromatic rings. The Kier molecular flexibility index (Phi) is 5.40. The lowest BCUT2D eigenvalue weighted by atomic mass is 10.3. The number of alkyl halides is 3. The van der Waals surface area contributed by atoms with Crippen molar-refractivity contribution in [3.8, 4) is 5.88 Å². The second kappa shape index (κ2) is 7.14. The molecule has 10 heteroatoms. The summed E-state index contributed by atoms with van der Waals surface area (Å²) in [7, 11) is -4.06. The largest absolute Gasteiger partial charge is 0.478 e. The van der Waals surface area contributed by atoms with E-state index < -0.39 is 26.8 Å². The van der Waals surface area contributed by atoms with Gasteiger partial charge in [-0.1, -0.05) is 6.07 Å². The smallest absolute Gasteiger partial charge is 0.417 e. The van der Waals surface area contributed by atoms with E-state index in [0.717, 1.165) is 6.07 Å². The molecular formula is C14H14F3N3O3S. The van der Waals surface area contributed by atoms with Gasteiger partial charge in [0.15, 0.2) is 5.03 Å². The molecule has 2 rings (SSSR count). The molecule has 0 unspecified atom stereocenters. The van der Waals surface area contributed by atoms with Gasteiger partial charge < -0.3 is 4.74 Å². The third-order valence-electron chi connectivity index (χ3n) is 2.92. The number of aromatic nitrogens is 2. The van der Waals surface area contributed by atoms with Gasteiger partial charge in [-0.2, -0.15) is 13.2 Å². The maximum atomic E-state index is 12.5. The zero-order valence-corrected chi connectivity index (χ0v) is 13.4. The molecule has 0 aromatic carbocycles. The van der Waals surface area contributed by atoms with Crippen molar-refractivity contribution >= 4 is 10.0 Å². The van der Waals surface area contributed by atoms with Crippen molar-refractivity contribution in [1.29, 1.82) is 0 Å². The lowest BCUT2D eigenvalue weighted by Gasteiger charge is -2.10. The van der Waals surface area contributed by atoms with Crippen molar-refractivity contribution in [3.63, 3.8) is 0 Å². The minimum Gasteiger partial charge on any atom is -0.478 e. The first kappa shape index (κ1) is 18.1. The number of nitrogens with one attached hydrogen (secondary N) is 1. The summed E-state index contributed by atoms with van der Waals surface area (Å²) in [6.07, 6.45) is -2.60. The lowest BCUT2D eigenvalue weighted by Crippen LogP contribution is -2.24. The quantitative estimate of drug-likeness (QED) is 0.854. The fourth-order valence-corrected chi connectivity index (χ4v) is 2.71. The topological polar surface area (TPSA) is 81.2 Å². The summed E-state index contributed by atoms with van der Waals surface area (Å²) in [6.45, 7) is 1.99. The van der Waals surface area contributed by atoms with Gasteiger partial charge in [0.25, 0.3) is 10.0 Å². The maximum absolute atomic E-state index is 12.5. The van der Waals surface area contributed by atoms with Crippen LogP contribution >= 0.6 is 0 Å². The molecule has 2 heterocycles. The van der Waals surface area contributed by atoms with Crippen molar-refractivity contribution in [2.45, 2.75) is 24.7 Å². The van der Waals surface area contributed by atoms with Crippen LogP contribution in [0.5, 0.6) is 5.88 Å². The molecular weight excluding hydrogens is 347 g/mol. The Balaban J connectivity index is 2.15. The second-order valence-electron chi connectivity index (χ2n) is 4.61. The van der Waals surface area contributed by atoms with Crippen LogP contribution in [-0.4, -0.2) is 25.0 Å². The van der Waals surface area contributed by atoms with E-state index in [9.17, 15) is 21.6 Å². The average Bonchev–Trinajstić information content (AvgIpc) is 2.54. The molecule has 0 amide bonds. The summed E-state index contributed by atoms with van der Waals surface area (Å²) in [6, 6.07) is 4.71. The van der Waals surface area contributed by atoms with Gasteiger partial charge in [-0.3, -0.25) is 0 Å². The van der Waals surface area contributed by atoms with Gasteiger partial charge in [-0.15, -0.1) is 0 Å². The molecule has 0 radical (unpaired) electrons. The molecule has 0 spiro atoms. The first-order valence-corrected chi connectivity index (χ1v) is 8.32. The molecule has 2 aromatic heterocycles. The minimum atomic E-state index is -4.58. The van der Waals surface area contributed by atoms with E-state index in [0.29, 0.717) is 24.4 Å². The van der Waals surface area contributed by atoms with Gasteiger partial charge in [0.2, 0.25) is 5.88 Å². The highest BCUT2D eigenvalue weighted by molar-refractivity contribution is 7.89. The Morgan fingerprint density at radius 1 is 1.21 bits per heavy atom. The minimum absolute atomic E-state index is 0.131. The summed E-state index contributed by atoms with van der Waals surface area (Å²) < 4.78 is 69.2. The molecule has 0 aliphatic carbocycles. The molecule has 6 nitrogen and oxygen atoms in total. The third kappa shape index (κ3) is 4.42. The van der Waals surface area contributed by atoms with E-state index in [1.54, 1.807) is 19.1 Å². The fraction of sp³-hybridized carbons (Fsp3) is 0.286. The molecule has 0 aliphatic heterocycles. The molecule has 0 fully saturated rings. The Morgan fingerprint density at radius 2 is 1.96 bits per heavy atom. The summed E-state index contributed by atoms with van der Waals surface area (Å²) in [5.74, 6) is 0.281. The lowest BCUT2D eigenvalue weighted by molar-refractivity contribution is -0.137. The van der Waals surface area contributed by atoms with Gasteiger partial charge in [0.05, 0.1) is 12.2 Å². The van der Waals surface area contributed by atoms with Gasteiger partial charge in [-0.25, -0.2) is 23.1 Å². The number of hydrogen-bond acceptors (Lipinski definition) is 5. The standard InChI is InChI=1S/C14H14F3N3O3S/c1-2-23-13-10(4-3-7-18-13)8-20-24(21,22)12-6-5-11(9-19-12)14(15,16)17/h3-7,9,20H,2,8H2,1H3. The number of sulfonamides is 1. The monoisotopic (exact) mass is 361 g/mol. The van der Waals surface area contributed by atoms with Crippen molar-refractivity contribution in [2.24, 2.45) is 0 Å². The highest BCUT2D eigenvalue weighted by Gasteiger charge is 2.31. The van der Waals surface area contributed by atoms with Crippen LogP contribution in [0.25, 0.3) is 0 Å². The van der Waals surface area contributed by atoms with Crippen LogP contribution in [0.2, 0.25) is 0 Å². The van der Waals surface area contributed by atoms with Crippen molar-refractivity contribution in [3.05, 3.63) is 47.8 Å². The predicted octanol–water partition coefficient (Wildman–Crippen LogP) is 2.37. The molecule has 130 valence electrons. The highest BCUT2D eigenvalue weighted by atomic mass is 32.2. The molecule has 0 bridgehead atoms. The summed E-state index contributed by atoms with van der Waals surface area (Å²) >= 11 is 0. The predicted molar refractivity (Wildman–Crippen MR) is 78.7 cm³/mol. The zero-order valence-electron chi connectivity index (χ0n) is 12.5. The number of rotatable bonds is 6. The van der Waals surface area contributed by atoms with Crippen LogP contribution in [0.4, 0.5) is 13.2 Å². The first-order valence-electron chi connectivity index (χ1n) is 6.83. The molecule has 0 aliphatic rings. The van der Waals surface area contributed by atoms with E-state index in [2.05, 4.69) is 14.7 Å². The molecule has 0 saturated carbocycles. The van der Waals surface area contributed by atoms with Crippen molar-refractivity contribution in [2.75, 3.05) is 6.61 Å². The number of halogens is 3. The third-order valence-corrected chi connectivity index (χ3v) is 4.24. The summed E-state index contributed by atoms with van der Waals surface area (Å²) in [5, 5.41) is -0.502. The summed E-state index contributed by atoms with van der Waals surface area (Å²) in [5.41, 5.74) is -0.526. The van der Waals surface area contributed by atoms with Crippen LogP contribution in [0.3, 0.4) is 0 Å². The van der Waals surface area contributed by atoms with Crippen LogP contribution in [-0.2, 0) is 22.7 Å². The van der Waals surface area contributed by atoms with E-state index in [1.807, 2.05) is 0 Å². The normalized spacial score (nSPS) is 12.2. The molecule has 0 saturated heterocycles. The van der Waals surface area contributed by atoms with Gasteiger partial charge in [0, 0.05) is 24.5 Å². The zero-order chi connectivity index (χ0) is 17.8. The number of nitrogens with zero attached hydrogens (tertiary/aromatic N) is 2. The SMILES string of the molecule is CCOc1ncccc1CNS(=O)(=O)c1ccc(C(F)(F)F)cn1. The fourth-order valence-electron chi connectivity index (χ4n) is 1.78. The van der Waals surface area contributed by atoms with Crippen molar-refractivity contribution in [1.82, 2.24) is 14.7 Å². The van der Waals surface area contributed by atoms with Crippen molar-refractivity contribution < 1.29 is 26.3 Å². The van der Waals surface area contributed by atoms with E-state index in [-0.39, 0.29) is 12.4 Å². The Morgan fingerprint density at radius 3 is 2.54 bits per heavy atom.